The van der Waals surface area contributed by atoms with Crippen molar-refractivity contribution in [1.29, 1.82) is 0 Å². The highest BCUT2D eigenvalue weighted by Crippen LogP contribution is 2.30. The topological polar surface area (TPSA) is 172 Å². The average Bonchev–Trinajstić information content (AvgIpc) is 3.21. The summed E-state index contributed by atoms with van der Waals surface area (Å²) in [6.07, 6.45) is 7.48. The largest absolute Gasteiger partial charge is 0.497 e. The Kier molecular flexibility index (Phi) is 16.2. The van der Waals surface area contributed by atoms with Crippen LogP contribution in [0.3, 0.4) is 0 Å². The highest BCUT2D eigenvalue weighted by atomic mass is 16.6. The molecule has 0 unspecified atom stereocenters. The van der Waals surface area contributed by atoms with E-state index in [1.54, 1.807) is 99.1 Å². The lowest BCUT2D eigenvalue weighted by atomic mass is 10.1. The van der Waals surface area contributed by atoms with Gasteiger partial charge in [0, 0.05) is 12.8 Å². The molecule has 288 valence electrons. The standard InChI is InChI=1S/C41H44N4O10/c1-50-32-18-14-30(15-19-32)40(48)54-34-22-12-28(24-36(34)52-3)26-42-44-38(46)10-8-6-5-7-9-11-39(47)45-43-27-29-13-23-35(37(25-29)53-4)55-41(49)31-16-20-33(51-2)21-17-31/h12-27H,5-11H2,1-4H3,(H,44,46)(H,45,47). The van der Waals surface area contributed by atoms with E-state index in [4.69, 9.17) is 28.4 Å². The second kappa shape index (κ2) is 21.7. The number of benzene rings is 4. The van der Waals surface area contributed by atoms with Crippen LogP contribution in [0, 0.1) is 0 Å². The molecule has 0 atom stereocenters. The predicted molar refractivity (Wildman–Crippen MR) is 206 cm³/mol. The molecular formula is C41H44N4O10. The van der Waals surface area contributed by atoms with Gasteiger partial charge in [-0.3, -0.25) is 9.59 Å². The van der Waals surface area contributed by atoms with Crippen LogP contribution in [0.5, 0.6) is 34.5 Å². The van der Waals surface area contributed by atoms with Crippen LogP contribution in [0.2, 0.25) is 0 Å². The summed E-state index contributed by atoms with van der Waals surface area (Å²) in [5.74, 6) is 0.885. The summed E-state index contributed by atoms with van der Waals surface area (Å²) in [6.45, 7) is 0. The number of unbranched alkanes of at least 4 members (excludes halogenated alkanes) is 4. The number of nitrogens with zero attached hydrogens (tertiary/aromatic N) is 2. The van der Waals surface area contributed by atoms with E-state index in [2.05, 4.69) is 21.1 Å². The summed E-state index contributed by atoms with van der Waals surface area (Å²) in [4.78, 5) is 49.5. The van der Waals surface area contributed by atoms with Crippen molar-refractivity contribution >= 4 is 36.2 Å². The lowest BCUT2D eigenvalue weighted by molar-refractivity contribution is -0.121. The molecule has 0 aliphatic heterocycles. The normalized spacial score (nSPS) is 10.8. The third-order valence-electron chi connectivity index (χ3n) is 8.05. The van der Waals surface area contributed by atoms with Gasteiger partial charge in [0.2, 0.25) is 11.8 Å². The molecule has 0 fully saturated rings. The van der Waals surface area contributed by atoms with Crippen LogP contribution >= 0.6 is 0 Å². The van der Waals surface area contributed by atoms with Gasteiger partial charge in [0.25, 0.3) is 0 Å². The zero-order valence-electron chi connectivity index (χ0n) is 31.2. The maximum Gasteiger partial charge on any atom is 0.343 e. The molecule has 4 aromatic carbocycles. The summed E-state index contributed by atoms with van der Waals surface area (Å²) in [5.41, 5.74) is 7.03. The molecule has 0 spiro atoms. The molecule has 0 aliphatic carbocycles. The first kappa shape index (κ1) is 41.1. The van der Waals surface area contributed by atoms with Crippen LogP contribution in [-0.4, -0.2) is 64.6 Å². The van der Waals surface area contributed by atoms with Crippen LogP contribution in [0.15, 0.2) is 95.1 Å². The highest BCUT2D eigenvalue weighted by Gasteiger charge is 2.15. The van der Waals surface area contributed by atoms with Crippen molar-refractivity contribution in [3.05, 3.63) is 107 Å². The molecule has 0 aliphatic rings. The number of methoxy groups -OCH3 is 4. The number of carbonyl (C=O) groups is 4. The zero-order valence-corrected chi connectivity index (χ0v) is 31.2. The lowest BCUT2D eigenvalue weighted by Crippen LogP contribution is -2.17. The summed E-state index contributed by atoms with van der Waals surface area (Å²) >= 11 is 0. The number of carbonyl (C=O) groups excluding carboxylic acids is 4. The molecule has 4 aromatic rings. The number of rotatable bonds is 20. The molecule has 14 nitrogen and oxygen atoms in total. The number of hydrogen-bond donors (Lipinski definition) is 2. The van der Waals surface area contributed by atoms with Crippen molar-refractivity contribution in [3.63, 3.8) is 0 Å². The Morgan fingerprint density at radius 1 is 0.491 bits per heavy atom. The number of nitrogens with one attached hydrogen (secondary N) is 2. The van der Waals surface area contributed by atoms with Gasteiger partial charge in [-0.15, -0.1) is 0 Å². The number of hydrogen-bond acceptors (Lipinski definition) is 12. The number of hydrazone groups is 2. The maximum atomic E-state index is 12.5. The summed E-state index contributed by atoms with van der Waals surface area (Å²) in [5, 5.41) is 8.04. The van der Waals surface area contributed by atoms with E-state index in [1.165, 1.54) is 26.6 Å². The molecule has 0 saturated carbocycles. The van der Waals surface area contributed by atoms with Gasteiger partial charge >= 0.3 is 11.9 Å². The lowest BCUT2D eigenvalue weighted by Gasteiger charge is -2.10. The van der Waals surface area contributed by atoms with Crippen molar-refractivity contribution in [2.24, 2.45) is 10.2 Å². The SMILES string of the molecule is COc1ccc(C(=O)Oc2ccc(C=NNC(=O)CCCCCCCC(=O)NN=Cc3ccc(OC(=O)c4ccc(OC)cc4)c(OC)c3)cc2OC)cc1. The minimum absolute atomic E-state index is 0.215. The Morgan fingerprint density at radius 3 is 1.24 bits per heavy atom. The molecule has 55 heavy (non-hydrogen) atoms. The molecule has 2 N–H and O–H groups in total. The second-order valence-electron chi connectivity index (χ2n) is 11.9. The molecule has 4 rings (SSSR count). The van der Waals surface area contributed by atoms with Gasteiger partial charge in [0.1, 0.15) is 11.5 Å². The highest BCUT2D eigenvalue weighted by molar-refractivity contribution is 5.92. The number of esters is 2. The molecule has 0 bridgehead atoms. The maximum absolute atomic E-state index is 12.5. The molecule has 14 heteroatoms. The van der Waals surface area contributed by atoms with Crippen molar-refractivity contribution in [1.82, 2.24) is 10.9 Å². The quantitative estimate of drug-likeness (QED) is 0.0334. The van der Waals surface area contributed by atoms with Crippen LogP contribution in [0.25, 0.3) is 0 Å². The first-order valence-electron chi connectivity index (χ1n) is 17.4. The van der Waals surface area contributed by atoms with Gasteiger partial charge in [-0.25, -0.2) is 20.4 Å². The van der Waals surface area contributed by atoms with Crippen molar-refractivity contribution < 1.29 is 47.6 Å². The molecule has 0 saturated heterocycles. The van der Waals surface area contributed by atoms with E-state index >= 15 is 0 Å². The van der Waals surface area contributed by atoms with E-state index in [-0.39, 0.29) is 23.3 Å². The molecular weight excluding hydrogens is 708 g/mol. The third kappa shape index (κ3) is 13.3. The minimum atomic E-state index is -0.544. The van der Waals surface area contributed by atoms with Gasteiger partial charge < -0.3 is 28.4 Å². The van der Waals surface area contributed by atoms with Crippen LogP contribution in [0.1, 0.15) is 76.8 Å². The smallest absolute Gasteiger partial charge is 0.343 e. The van der Waals surface area contributed by atoms with Crippen molar-refractivity contribution in [2.75, 3.05) is 28.4 Å². The zero-order chi connectivity index (χ0) is 39.4. The Balaban J connectivity index is 1.08. The first-order valence-corrected chi connectivity index (χ1v) is 17.4. The van der Waals surface area contributed by atoms with Crippen molar-refractivity contribution in [2.45, 2.75) is 44.9 Å². The van der Waals surface area contributed by atoms with Crippen LogP contribution in [0.4, 0.5) is 0 Å². The fourth-order valence-electron chi connectivity index (χ4n) is 5.04. The summed E-state index contributed by atoms with van der Waals surface area (Å²) in [6, 6.07) is 22.9. The molecule has 0 aromatic heterocycles. The van der Waals surface area contributed by atoms with Gasteiger partial charge in [0.05, 0.1) is 52.0 Å². The van der Waals surface area contributed by atoms with Crippen LogP contribution < -0.4 is 39.3 Å². The van der Waals surface area contributed by atoms with Gasteiger partial charge in [-0.2, -0.15) is 10.2 Å². The summed E-state index contributed by atoms with van der Waals surface area (Å²) < 4.78 is 31.9. The van der Waals surface area contributed by atoms with E-state index in [0.29, 0.717) is 70.9 Å². The molecule has 2 amide bonds. The van der Waals surface area contributed by atoms with Gasteiger partial charge in [-0.1, -0.05) is 19.3 Å². The van der Waals surface area contributed by atoms with E-state index in [0.717, 1.165) is 19.3 Å². The van der Waals surface area contributed by atoms with Crippen molar-refractivity contribution in [3.8, 4) is 34.5 Å². The molecule has 0 radical (unpaired) electrons. The molecule has 0 heterocycles. The minimum Gasteiger partial charge on any atom is -0.497 e. The first-order chi connectivity index (χ1) is 26.7. The van der Waals surface area contributed by atoms with E-state index in [9.17, 15) is 19.2 Å². The van der Waals surface area contributed by atoms with Gasteiger partial charge in [-0.05, 0) is 109 Å². The Labute approximate surface area is 319 Å². The number of amides is 2. The van der Waals surface area contributed by atoms with E-state index < -0.39 is 11.9 Å². The van der Waals surface area contributed by atoms with Crippen LogP contribution in [-0.2, 0) is 9.59 Å². The monoisotopic (exact) mass is 752 g/mol. The third-order valence-corrected chi connectivity index (χ3v) is 8.05. The Morgan fingerprint density at radius 2 is 0.873 bits per heavy atom. The Hall–Kier alpha value is -6.70. The second-order valence-corrected chi connectivity index (χ2v) is 11.9. The average molecular weight is 753 g/mol. The van der Waals surface area contributed by atoms with E-state index in [1.807, 2.05) is 0 Å². The Bertz CT molecular complexity index is 1820. The predicted octanol–water partition coefficient (Wildman–Crippen LogP) is 6.49. The van der Waals surface area contributed by atoms with Gasteiger partial charge in [0.15, 0.2) is 23.0 Å². The fraction of sp³-hybridized carbons (Fsp3) is 0.268. The number of ether oxygens (including phenoxy) is 6. The fourth-order valence-corrected chi connectivity index (χ4v) is 5.04. The summed E-state index contributed by atoms with van der Waals surface area (Å²) in [7, 11) is 6.01.